The highest BCUT2D eigenvalue weighted by Crippen LogP contribution is 2.24. The Morgan fingerprint density at radius 2 is 2.29 bits per heavy atom. The van der Waals surface area contributed by atoms with Gasteiger partial charge in [-0.1, -0.05) is 0 Å². The highest BCUT2D eigenvalue weighted by molar-refractivity contribution is 5.66. The SMILES string of the molecule is COc1ncnc(NCc2cnn(C)c2)c1N. The topological polar surface area (TPSA) is 90.9 Å². The molecule has 90 valence electrons. The van der Waals surface area contributed by atoms with Crippen LogP contribution in [0.15, 0.2) is 18.7 Å². The summed E-state index contributed by atoms with van der Waals surface area (Å²) in [7, 11) is 3.38. The second-order valence-corrected chi connectivity index (χ2v) is 3.52. The summed E-state index contributed by atoms with van der Waals surface area (Å²) in [4.78, 5) is 7.96. The van der Waals surface area contributed by atoms with Gasteiger partial charge in [-0.3, -0.25) is 4.68 Å². The van der Waals surface area contributed by atoms with Gasteiger partial charge in [-0.25, -0.2) is 4.98 Å². The van der Waals surface area contributed by atoms with Crippen molar-refractivity contribution in [2.75, 3.05) is 18.2 Å². The predicted molar refractivity (Wildman–Crippen MR) is 63.5 cm³/mol. The molecule has 0 amide bonds. The molecule has 17 heavy (non-hydrogen) atoms. The third-order valence-corrected chi connectivity index (χ3v) is 2.26. The summed E-state index contributed by atoms with van der Waals surface area (Å²) >= 11 is 0. The number of nitrogen functional groups attached to an aromatic ring is 1. The van der Waals surface area contributed by atoms with Gasteiger partial charge < -0.3 is 15.8 Å². The lowest BCUT2D eigenvalue weighted by molar-refractivity contribution is 0.399. The van der Waals surface area contributed by atoms with E-state index in [9.17, 15) is 0 Å². The van der Waals surface area contributed by atoms with Crippen molar-refractivity contribution in [1.82, 2.24) is 19.7 Å². The minimum absolute atomic E-state index is 0.369. The largest absolute Gasteiger partial charge is 0.479 e. The lowest BCUT2D eigenvalue weighted by Gasteiger charge is -2.08. The second kappa shape index (κ2) is 4.69. The number of aryl methyl sites for hydroxylation is 1. The van der Waals surface area contributed by atoms with E-state index in [2.05, 4.69) is 20.4 Å². The summed E-state index contributed by atoms with van der Waals surface area (Å²) in [5, 5.41) is 7.18. The zero-order valence-electron chi connectivity index (χ0n) is 9.71. The first-order chi connectivity index (χ1) is 8.20. The van der Waals surface area contributed by atoms with Crippen LogP contribution in [0, 0.1) is 0 Å². The maximum atomic E-state index is 5.83. The molecule has 0 aliphatic carbocycles. The van der Waals surface area contributed by atoms with Crippen LogP contribution in [0.5, 0.6) is 5.88 Å². The van der Waals surface area contributed by atoms with Crippen molar-refractivity contribution >= 4 is 11.5 Å². The number of nitrogens with one attached hydrogen (secondary N) is 1. The van der Waals surface area contributed by atoms with Crippen LogP contribution < -0.4 is 15.8 Å². The molecule has 0 aromatic carbocycles. The Hall–Kier alpha value is -2.31. The van der Waals surface area contributed by atoms with Gasteiger partial charge in [0.15, 0.2) is 5.82 Å². The van der Waals surface area contributed by atoms with Gasteiger partial charge >= 0.3 is 0 Å². The first-order valence-corrected chi connectivity index (χ1v) is 5.06. The van der Waals surface area contributed by atoms with Crippen molar-refractivity contribution in [3.05, 3.63) is 24.3 Å². The molecule has 0 unspecified atom stereocenters. The molecule has 2 aromatic heterocycles. The molecule has 2 rings (SSSR count). The van der Waals surface area contributed by atoms with Crippen LogP contribution >= 0.6 is 0 Å². The Morgan fingerprint density at radius 3 is 2.94 bits per heavy atom. The van der Waals surface area contributed by atoms with Crippen LogP contribution in [0.3, 0.4) is 0 Å². The van der Waals surface area contributed by atoms with E-state index < -0.39 is 0 Å². The third kappa shape index (κ3) is 2.44. The fourth-order valence-electron chi connectivity index (χ4n) is 1.43. The van der Waals surface area contributed by atoms with Crippen molar-refractivity contribution in [3.8, 4) is 5.88 Å². The van der Waals surface area contributed by atoms with Gasteiger partial charge in [0.05, 0.1) is 13.3 Å². The summed E-state index contributed by atoms with van der Waals surface area (Å²) < 4.78 is 6.75. The molecule has 0 saturated carbocycles. The molecule has 0 saturated heterocycles. The summed E-state index contributed by atoms with van der Waals surface area (Å²) in [5.41, 5.74) is 7.28. The quantitative estimate of drug-likeness (QED) is 0.796. The summed E-state index contributed by atoms with van der Waals surface area (Å²) in [6.07, 6.45) is 5.10. The fraction of sp³-hybridized carbons (Fsp3) is 0.300. The van der Waals surface area contributed by atoms with E-state index in [1.807, 2.05) is 13.2 Å². The van der Waals surface area contributed by atoms with Crippen LogP contribution in [0.25, 0.3) is 0 Å². The van der Waals surface area contributed by atoms with E-state index in [-0.39, 0.29) is 0 Å². The molecular formula is C10H14N6O. The normalized spacial score (nSPS) is 10.2. The molecule has 2 heterocycles. The maximum Gasteiger partial charge on any atom is 0.242 e. The molecule has 0 fully saturated rings. The minimum atomic E-state index is 0.369. The van der Waals surface area contributed by atoms with Gasteiger partial charge in [-0.05, 0) is 0 Å². The summed E-state index contributed by atoms with van der Waals surface area (Å²) in [6.45, 7) is 0.595. The van der Waals surface area contributed by atoms with Crippen molar-refractivity contribution in [2.45, 2.75) is 6.54 Å². The first-order valence-electron chi connectivity index (χ1n) is 5.06. The number of hydrogen-bond acceptors (Lipinski definition) is 6. The number of rotatable bonds is 4. The summed E-state index contributed by atoms with van der Waals surface area (Å²) in [5.74, 6) is 0.925. The standard InChI is InChI=1S/C10H14N6O/c1-16-5-7(4-15-16)3-12-9-8(11)10(17-2)14-6-13-9/h4-6H,3,11H2,1-2H3,(H,12,13,14). The lowest BCUT2D eigenvalue weighted by atomic mass is 10.3. The summed E-state index contributed by atoms with van der Waals surface area (Å²) in [6, 6.07) is 0. The molecule has 0 atom stereocenters. The Bertz CT molecular complexity index is 509. The molecule has 0 spiro atoms. The molecular weight excluding hydrogens is 220 g/mol. The molecule has 7 heteroatoms. The van der Waals surface area contributed by atoms with Crippen LogP contribution in [-0.2, 0) is 13.6 Å². The predicted octanol–water partition coefficient (Wildman–Crippen LogP) is 0.413. The number of anilines is 2. The maximum absolute atomic E-state index is 5.83. The highest BCUT2D eigenvalue weighted by Gasteiger charge is 2.07. The van der Waals surface area contributed by atoms with Gasteiger partial charge in [0.1, 0.15) is 12.0 Å². The van der Waals surface area contributed by atoms with Crippen molar-refractivity contribution in [1.29, 1.82) is 0 Å². The Labute approximate surface area is 98.6 Å². The van der Waals surface area contributed by atoms with E-state index in [1.165, 1.54) is 13.4 Å². The van der Waals surface area contributed by atoms with Crippen molar-refractivity contribution in [2.24, 2.45) is 7.05 Å². The molecule has 0 aliphatic rings. The molecule has 0 aliphatic heterocycles. The molecule has 7 nitrogen and oxygen atoms in total. The van der Waals surface area contributed by atoms with Gasteiger partial charge in [0.25, 0.3) is 0 Å². The zero-order chi connectivity index (χ0) is 12.3. The Kier molecular flexibility index (Phi) is 3.08. The molecule has 0 bridgehead atoms. The van der Waals surface area contributed by atoms with Crippen molar-refractivity contribution in [3.63, 3.8) is 0 Å². The van der Waals surface area contributed by atoms with Gasteiger partial charge in [-0.2, -0.15) is 10.1 Å². The van der Waals surface area contributed by atoms with Crippen LogP contribution in [-0.4, -0.2) is 26.9 Å². The van der Waals surface area contributed by atoms with E-state index in [0.29, 0.717) is 23.9 Å². The first kappa shape index (κ1) is 11.2. The van der Waals surface area contributed by atoms with E-state index >= 15 is 0 Å². The van der Waals surface area contributed by atoms with Crippen LogP contribution in [0.1, 0.15) is 5.56 Å². The van der Waals surface area contributed by atoms with E-state index in [1.54, 1.807) is 10.9 Å². The number of nitrogens with zero attached hydrogens (tertiary/aromatic N) is 4. The number of hydrogen-bond donors (Lipinski definition) is 2. The second-order valence-electron chi connectivity index (χ2n) is 3.52. The third-order valence-electron chi connectivity index (χ3n) is 2.26. The fourth-order valence-corrected chi connectivity index (χ4v) is 1.43. The zero-order valence-corrected chi connectivity index (χ0v) is 9.71. The highest BCUT2D eigenvalue weighted by atomic mass is 16.5. The van der Waals surface area contributed by atoms with E-state index in [4.69, 9.17) is 10.5 Å². The number of aromatic nitrogens is 4. The van der Waals surface area contributed by atoms with Crippen LogP contribution in [0.2, 0.25) is 0 Å². The number of nitrogens with two attached hydrogens (primary N) is 1. The monoisotopic (exact) mass is 234 g/mol. The number of methoxy groups -OCH3 is 1. The van der Waals surface area contributed by atoms with E-state index in [0.717, 1.165) is 5.56 Å². The average Bonchev–Trinajstić information content (AvgIpc) is 2.74. The molecule has 3 N–H and O–H groups in total. The Morgan fingerprint density at radius 1 is 1.47 bits per heavy atom. The van der Waals surface area contributed by atoms with Gasteiger partial charge in [0, 0.05) is 25.4 Å². The average molecular weight is 234 g/mol. The molecule has 0 radical (unpaired) electrons. The molecule has 2 aromatic rings. The minimum Gasteiger partial charge on any atom is -0.479 e. The lowest BCUT2D eigenvalue weighted by Crippen LogP contribution is -2.06. The van der Waals surface area contributed by atoms with Crippen molar-refractivity contribution < 1.29 is 4.74 Å². The van der Waals surface area contributed by atoms with Gasteiger partial charge in [-0.15, -0.1) is 0 Å². The smallest absolute Gasteiger partial charge is 0.242 e. The number of ether oxygens (including phenoxy) is 1. The van der Waals surface area contributed by atoms with Gasteiger partial charge in [0.2, 0.25) is 5.88 Å². The Balaban J connectivity index is 2.09. The van der Waals surface area contributed by atoms with Crippen LogP contribution in [0.4, 0.5) is 11.5 Å².